The lowest BCUT2D eigenvalue weighted by Crippen LogP contribution is -2.15. The fourth-order valence-electron chi connectivity index (χ4n) is 1.92. The van der Waals surface area contributed by atoms with Gasteiger partial charge >= 0.3 is 0 Å². The number of halogens is 1. The number of hydrogen-bond donors (Lipinski definition) is 3. The molecule has 0 aliphatic rings. The van der Waals surface area contributed by atoms with Crippen molar-refractivity contribution in [2.45, 2.75) is 26.7 Å². The van der Waals surface area contributed by atoms with Crippen LogP contribution in [-0.4, -0.2) is 16.1 Å². The molecule has 5 nitrogen and oxygen atoms in total. The first-order valence-electron chi connectivity index (χ1n) is 6.43. The minimum Gasteiger partial charge on any atom is -0.395 e. The molecule has 0 aliphatic carbocycles. The number of aromatic nitrogens is 2. The molecule has 1 aromatic carbocycles. The van der Waals surface area contributed by atoms with Crippen LogP contribution in [0.3, 0.4) is 0 Å². The van der Waals surface area contributed by atoms with Crippen LogP contribution in [0, 0.1) is 12.7 Å². The van der Waals surface area contributed by atoms with Gasteiger partial charge in [0.2, 0.25) is 0 Å². The van der Waals surface area contributed by atoms with E-state index in [2.05, 4.69) is 15.5 Å². The predicted octanol–water partition coefficient (Wildman–Crippen LogP) is 2.64. The second-order valence-electron chi connectivity index (χ2n) is 4.58. The van der Waals surface area contributed by atoms with Gasteiger partial charge in [0, 0.05) is 11.3 Å². The Morgan fingerprint density at radius 3 is 2.95 bits per heavy atom. The van der Waals surface area contributed by atoms with E-state index in [0.717, 1.165) is 18.5 Å². The number of rotatable bonds is 4. The number of nitrogens with zero attached hydrogens (tertiary/aromatic N) is 1. The molecule has 106 valence electrons. The van der Waals surface area contributed by atoms with Gasteiger partial charge in [-0.05, 0) is 25.5 Å². The monoisotopic (exact) mass is 276 g/mol. The summed E-state index contributed by atoms with van der Waals surface area (Å²) < 4.78 is 13.4. The van der Waals surface area contributed by atoms with E-state index < -0.39 is 5.91 Å². The van der Waals surface area contributed by atoms with E-state index in [4.69, 9.17) is 5.73 Å². The quantitative estimate of drug-likeness (QED) is 0.802. The highest BCUT2D eigenvalue weighted by atomic mass is 19.1. The molecule has 0 saturated carbocycles. The van der Waals surface area contributed by atoms with Crippen molar-refractivity contribution in [3.05, 3.63) is 41.0 Å². The second kappa shape index (κ2) is 5.73. The number of nitrogens with two attached hydrogens (primary N) is 1. The van der Waals surface area contributed by atoms with Crippen LogP contribution in [0.25, 0.3) is 0 Å². The SMILES string of the molecule is CCCc1[nH]nc(C(=O)Nc2cccc(F)c2C)c1N. The number of nitrogen functional groups attached to an aromatic ring is 1. The van der Waals surface area contributed by atoms with Crippen LogP contribution in [0.15, 0.2) is 18.2 Å². The molecular weight excluding hydrogens is 259 g/mol. The molecule has 0 spiro atoms. The number of amides is 1. The molecule has 2 aromatic rings. The van der Waals surface area contributed by atoms with E-state index in [9.17, 15) is 9.18 Å². The predicted molar refractivity (Wildman–Crippen MR) is 76.1 cm³/mol. The molecule has 1 aromatic heterocycles. The van der Waals surface area contributed by atoms with Crippen molar-refractivity contribution in [1.82, 2.24) is 10.2 Å². The van der Waals surface area contributed by atoms with E-state index in [1.807, 2.05) is 6.92 Å². The minimum atomic E-state index is -0.449. The topological polar surface area (TPSA) is 83.8 Å². The lowest BCUT2D eigenvalue weighted by atomic mass is 10.1. The number of aromatic amines is 1. The maximum atomic E-state index is 13.4. The highest BCUT2D eigenvalue weighted by molar-refractivity contribution is 6.06. The van der Waals surface area contributed by atoms with Crippen molar-refractivity contribution in [3.63, 3.8) is 0 Å². The van der Waals surface area contributed by atoms with Gasteiger partial charge in [0.15, 0.2) is 5.69 Å². The van der Waals surface area contributed by atoms with Crippen molar-refractivity contribution in [2.75, 3.05) is 11.1 Å². The maximum Gasteiger partial charge on any atom is 0.278 e. The zero-order valence-electron chi connectivity index (χ0n) is 11.5. The van der Waals surface area contributed by atoms with Crippen LogP contribution in [0.5, 0.6) is 0 Å². The van der Waals surface area contributed by atoms with Crippen molar-refractivity contribution in [2.24, 2.45) is 0 Å². The van der Waals surface area contributed by atoms with E-state index in [1.54, 1.807) is 13.0 Å². The minimum absolute atomic E-state index is 0.136. The fraction of sp³-hybridized carbons (Fsp3) is 0.286. The van der Waals surface area contributed by atoms with E-state index >= 15 is 0 Å². The van der Waals surface area contributed by atoms with Crippen LogP contribution in [-0.2, 0) is 6.42 Å². The summed E-state index contributed by atoms with van der Waals surface area (Å²) in [5.41, 5.74) is 7.90. The number of nitrogens with one attached hydrogen (secondary N) is 2. The molecule has 0 fully saturated rings. The van der Waals surface area contributed by atoms with Gasteiger partial charge in [-0.3, -0.25) is 9.89 Å². The average Bonchev–Trinajstić information content (AvgIpc) is 2.77. The first-order valence-corrected chi connectivity index (χ1v) is 6.43. The Bertz CT molecular complexity index is 636. The third-order valence-electron chi connectivity index (χ3n) is 3.11. The third kappa shape index (κ3) is 2.64. The summed E-state index contributed by atoms with van der Waals surface area (Å²) in [7, 11) is 0. The Balaban J connectivity index is 2.22. The van der Waals surface area contributed by atoms with Crippen molar-refractivity contribution >= 4 is 17.3 Å². The first-order chi connectivity index (χ1) is 9.54. The number of benzene rings is 1. The number of H-pyrrole nitrogens is 1. The normalized spacial score (nSPS) is 10.6. The smallest absolute Gasteiger partial charge is 0.278 e. The van der Waals surface area contributed by atoms with Crippen LogP contribution >= 0.6 is 0 Å². The molecule has 0 atom stereocenters. The van der Waals surface area contributed by atoms with Gasteiger partial charge in [-0.2, -0.15) is 5.10 Å². The molecule has 20 heavy (non-hydrogen) atoms. The lowest BCUT2D eigenvalue weighted by Gasteiger charge is -2.07. The molecule has 0 radical (unpaired) electrons. The van der Waals surface area contributed by atoms with Gasteiger partial charge in [0.25, 0.3) is 5.91 Å². The van der Waals surface area contributed by atoms with E-state index in [1.165, 1.54) is 12.1 Å². The Labute approximate surface area is 116 Å². The molecule has 1 amide bonds. The van der Waals surface area contributed by atoms with E-state index in [0.29, 0.717) is 16.9 Å². The van der Waals surface area contributed by atoms with Crippen LogP contribution in [0.1, 0.15) is 35.1 Å². The zero-order valence-corrected chi connectivity index (χ0v) is 11.5. The van der Waals surface area contributed by atoms with Crippen LogP contribution in [0.2, 0.25) is 0 Å². The summed E-state index contributed by atoms with van der Waals surface area (Å²) in [5.74, 6) is -0.820. The Kier molecular flexibility index (Phi) is 4.02. The maximum absolute atomic E-state index is 13.4. The summed E-state index contributed by atoms with van der Waals surface area (Å²) >= 11 is 0. The van der Waals surface area contributed by atoms with Gasteiger partial charge in [-0.25, -0.2) is 4.39 Å². The molecule has 0 bridgehead atoms. The fourth-order valence-corrected chi connectivity index (χ4v) is 1.92. The molecule has 1 heterocycles. The zero-order chi connectivity index (χ0) is 14.7. The van der Waals surface area contributed by atoms with Crippen molar-refractivity contribution in [1.29, 1.82) is 0 Å². The molecule has 0 unspecified atom stereocenters. The summed E-state index contributed by atoms with van der Waals surface area (Å²) in [6, 6.07) is 4.51. The number of aryl methyl sites for hydroxylation is 1. The van der Waals surface area contributed by atoms with Crippen LogP contribution < -0.4 is 11.1 Å². The van der Waals surface area contributed by atoms with Gasteiger partial charge in [-0.15, -0.1) is 0 Å². The van der Waals surface area contributed by atoms with Gasteiger partial charge in [0.1, 0.15) is 5.82 Å². The summed E-state index contributed by atoms with van der Waals surface area (Å²) in [5, 5.41) is 9.31. The summed E-state index contributed by atoms with van der Waals surface area (Å²) in [6.45, 7) is 3.61. The Hall–Kier alpha value is -2.37. The number of anilines is 2. The lowest BCUT2D eigenvalue weighted by molar-refractivity contribution is 0.102. The van der Waals surface area contributed by atoms with Crippen molar-refractivity contribution in [3.8, 4) is 0 Å². The summed E-state index contributed by atoms with van der Waals surface area (Å²) in [6.07, 6.45) is 1.63. The molecule has 0 saturated heterocycles. The van der Waals surface area contributed by atoms with Crippen molar-refractivity contribution < 1.29 is 9.18 Å². The highest BCUT2D eigenvalue weighted by Gasteiger charge is 2.18. The molecule has 2 rings (SSSR count). The first kappa shape index (κ1) is 14.0. The number of carbonyl (C=O) groups is 1. The molecule has 0 aliphatic heterocycles. The molecule has 6 heteroatoms. The Morgan fingerprint density at radius 2 is 2.25 bits per heavy atom. The van der Waals surface area contributed by atoms with Gasteiger partial charge in [-0.1, -0.05) is 19.4 Å². The second-order valence-corrected chi connectivity index (χ2v) is 4.58. The number of carbonyl (C=O) groups excluding carboxylic acids is 1. The largest absolute Gasteiger partial charge is 0.395 e. The van der Waals surface area contributed by atoms with Crippen LogP contribution in [0.4, 0.5) is 15.8 Å². The average molecular weight is 276 g/mol. The van der Waals surface area contributed by atoms with Gasteiger partial charge < -0.3 is 11.1 Å². The van der Waals surface area contributed by atoms with E-state index in [-0.39, 0.29) is 11.5 Å². The van der Waals surface area contributed by atoms with Gasteiger partial charge in [0.05, 0.1) is 11.4 Å². The highest BCUT2D eigenvalue weighted by Crippen LogP contribution is 2.20. The third-order valence-corrected chi connectivity index (χ3v) is 3.11. The Morgan fingerprint density at radius 1 is 1.50 bits per heavy atom. The molecular formula is C14H17FN4O. The molecule has 4 N–H and O–H groups in total. The summed E-state index contributed by atoms with van der Waals surface area (Å²) in [4.78, 5) is 12.1. The number of hydrogen-bond acceptors (Lipinski definition) is 3. The standard InChI is InChI=1S/C14H17FN4O/c1-3-5-11-12(16)13(19-18-11)14(20)17-10-7-4-6-9(15)8(10)2/h4,6-7H,3,5,16H2,1-2H3,(H,17,20)(H,18,19).